The van der Waals surface area contributed by atoms with Crippen molar-refractivity contribution in [3.63, 3.8) is 0 Å². The van der Waals surface area contributed by atoms with Gasteiger partial charge in [-0.2, -0.15) is 0 Å². The highest BCUT2D eigenvalue weighted by Gasteiger charge is 2.00. The van der Waals surface area contributed by atoms with E-state index in [-0.39, 0.29) is 12.4 Å². The van der Waals surface area contributed by atoms with Gasteiger partial charge in [-0.25, -0.2) is 0 Å². The highest BCUT2D eigenvalue weighted by Crippen LogP contribution is 2.25. The van der Waals surface area contributed by atoms with Crippen LogP contribution in [0.2, 0.25) is 5.02 Å². The monoisotopic (exact) mass is 216 g/mol. The first-order chi connectivity index (χ1) is 5.81. The lowest BCUT2D eigenvalue weighted by Gasteiger charge is -1.98. The molecule has 13 heavy (non-hydrogen) atoms. The van der Waals surface area contributed by atoms with E-state index in [0.717, 1.165) is 21.6 Å². The van der Waals surface area contributed by atoms with Crippen molar-refractivity contribution >= 4 is 40.6 Å². The number of hydrogen-bond acceptors (Lipinski definition) is 1. The molecule has 1 heterocycles. The van der Waals surface area contributed by atoms with Crippen LogP contribution in [0.3, 0.4) is 0 Å². The van der Waals surface area contributed by atoms with E-state index in [2.05, 4.69) is 10.3 Å². The van der Waals surface area contributed by atoms with Gasteiger partial charge >= 0.3 is 0 Å². The first kappa shape index (κ1) is 10.2. The summed E-state index contributed by atoms with van der Waals surface area (Å²) in [5.41, 5.74) is 2.14. The van der Waals surface area contributed by atoms with Gasteiger partial charge in [0.25, 0.3) is 0 Å². The first-order valence-corrected chi connectivity index (χ1v) is 4.13. The molecule has 1 aromatic heterocycles. The molecule has 0 unspecified atom stereocenters. The Kier molecular flexibility index (Phi) is 3.07. The molecular weight excluding hydrogens is 207 g/mol. The molecule has 0 atom stereocenters. The molecular formula is C9H10Cl2N2. The van der Waals surface area contributed by atoms with E-state index in [1.54, 1.807) is 6.20 Å². The van der Waals surface area contributed by atoms with Gasteiger partial charge in [-0.3, -0.25) is 0 Å². The van der Waals surface area contributed by atoms with E-state index >= 15 is 0 Å². The molecule has 2 N–H and O–H groups in total. The zero-order valence-corrected chi connectivity index (χ0v) is 8.67. The average molecular weight is 217 g/mol. The molecule has 2 nitrogen and oxygen atoms in total. The number of nitrogens with one attached hydrogen (secondary N) is 2. The largest absolute Gasteiger partial charge is 0.388 e. The van der Waals surface area contributed by atoms with Crippen LogP contribution in [-0.2, 0) is 0 Å². The van der Waals surface area contributed by atoms with E-state index in [9.17, 15) is 0 Å². The van der Waals surface area contributed by atoms with Gasteiger partial charge in [-0.15, -0.1) is 12.4 Å². The lowest BCUT2D eigenvalue weighted by atomic mass is 10.2. The van der Waals surface area contributed by atoms with Crippen molar-refractivity contribution in [1.82, 2.24) is 4.98 Å². The number of H-pyrrole nitrogens is 1. The second-order valence-corrected chi connectivity index (χ2v) is 3.05. The second-order valence-electron chi connectivity index (χ2n) is 2.65. The SMILES string of the molecule is CNc1ccc2[nH]cc(Cl)c2c1.Cl. The van der Waals surface area contributed by atoms with Crippen molar-refractivity contribution in [2.24, 2.45) is 0 Å². The minimum Gasteiger partial charge on any atom is -0.388 e. The summed E-state index contributed by atoms with van der Waals surface area (Å²) in [5.74, 6) is 0. The van der Waals surface area contributed by atoms with Crippen molar-refractivity contribution in [3.05, 3.63) is 29.4 Å². The predicted octanol–water partition coefficient (Wildman–Crippen LogP) is 3.28. The van der Waals surface area contributed by atoms with Gasteiger partial charge < -0.3 is 10.3 Å². The molecule has 0 bridgehead atoms. The summed E-state index contributed by atoms with van der Waals surface area (Å²) in [6.45, 7) is 0. The fourth-order valence-corrected chi connectivity index (χ4v) is 1.45. The highest BCUT2D eigenvalue weighted by molar-refractivity contribution is 6.35. The summed E-state index contributed by atoms with van der Waals surface area (Å²) in [6.07, 6.45) is 1.80. The molecule has 0 fully saturated rings. The topological polar surface area (TPSA) is 27.8 Å². The molecule has 0 saturated heterocycles. The van der Waals surface area contributed by atoms with Gasteiger partial charge in [-0.05, 0) is 18.2 Å². The zero-order chi connectivity index (χ0) is 8.55. The van der Waals surface area contributed by atoms with Crippen LogP contribution in [0.15, 0.2) is 24.4 Å². The van der Waals surface area contributed by atoms with Gasteiger partial charge in [0.1, 0.15) is 0 Å². The number of hydrogen-bond donors (Lipinski definition) is 2. The number of aromatic nitrogens is 1. The predicted molar refractivity (Wildman–Crippen MR) is 60.1 cm³/mol. The van der Waals surface area contributed by atoms with Crippen LogP contribution in [0, 0.1) is 0 Å². The minimum absolute atomic E-state index is 0. The molecule has 0 aliphatic rings. The Labute approximate surface area is 87.7 Å². The lowest BCUT2D eigenvalue weighted by Crippen LogP contribution is -1.85. The lowest BCUT2D eigenvalue weighted by molar-refractivity contribution is 1.47. The third kappa shape index (κ3) is 1.74. The van der Waals surface area contributed by atoms with Gasteiger partial charge in [-0.1, -0.05) is 11.6 Å². The summed E-state index contributed by atoms with van der Waals surface area (Å²) in [4.78, 5) is 3.08. The van der Waals surface area contributed by atoms with Crippen molar-refractivity contribution in [1.29, 1.82) is 0 Å². The summed E-state index contributed by atoms with van der Waals surface area (Å²) in [6, 6.07) is 6.04. The van der Waals surface area contributed by atoms with Crippen molar-refractivity contribution in [3.8, 4) is 0 Å². The molecule has 2 rings (SSSR count). The third-order valence-electron chi connectivity index (χ3n) is 1.92. The van der Waals surface area contributed by atoms with Crippen molar-refractivity contribution < 1.29 is 0 Å². The van der Waals surface area contributed by atoms with E-state index in [0.29, 0.717) is 0 Å². The maximum Gasteiger partial charge on any atom is 0.0659 e. The maximum atomic E-state index is 5.94. The molecule has 4 heteroatoms. The number of aromatic amines is 1. The smallest absolute Gasteiger partial charge is 0.0659 e. The quantitative estimate of drug-likeness (QED) is 0.753. The first-order valence-electron chi connectivity index (χ1n) is 3.75. The molecule has 0 aliphatic heterocycles. The number of anilines is 1. The Morgan fingerprint density at radius 2 is 2.15 bits per heavy atom. The highest BCUT2D eigenvalue weighted by atomic mass is 35.5. The van der Waals surface area contributed by atoms with Gasteiger partial charge in [0.15, 0.2) is 0 Å². The van der Waals surface area contributed by atoms with E-state index in [4.69, 9.17) is 11.6 Å². The van der Waals surface area contributed by atoms with Crippen LogP contribution in [0.5, 0.6) is 0 Å². The van der Waals surface area contributed by atoms with Gasteiger partial charge in [0.05, 0.1) is 5.02 Å². The average Bonchev–Trinajstić information content (AvgIpc) is 2.47. The molecule has 0 radical (unpaired) electrons. The van der Waals surface area contributed by atoms with Crippen LogP contribution in [0.25, 0.3) is 10.9 Å². The van der Waals surface area contributed by atoms with Crippen molar-refractivity contribution in [2.75, 3.05) is 12.4 Å². The molecule has 70 valence electrons. The van der Waals surface area contributed by atoms with Crippen LogP contribution < -0.4 is 5.32 Å². The van der Waals surface area contributed by atoms with Crippen LogP contribution in [-0.4, -0.2) is 12.0 Å². The molecule has 0 saturated carbocycles. The van der Waals surface area contributed by atoms with E-state index in [1.165, 1.54) is 0 Å². The van der Waals surface area contributed by atoms with Gasteiger partial charge in [0, 0.05) is 29.8 Å². The molecule has 0 aliphatic carbocycles. The summed E-state index contributed by atoms with van der Waals surface area (Å²) >= 11 is 5.94. The van der Waals surface area contributed by atoms with Crippen LogP contribution >= 0.6 is 24.0 Å². The van der Waals surface area contributed by atoms with Crippen LogP contribution in [0.4, 0.5) is 5.69 Å². The number of fused-ring (bicyclic) bond motifs is 1. The summed E-state index contributed by atoms with van der Waals surface area (Å²) < 4.78 is 0. The molecule has 0 amide bonds. The minimum atomic E-state index is 0. The van der Waals surface area contributed by atoms with E-state index < -0.39 is 0 Å². The summed E-state index contributed by atoms with van der Waals surface area (Å²) in [5, 5.41) is 4.89. The summed E-state index contributed by atoms with van der Waals surface area (Å²) in [7, 11) is 1.89. The van der Waals surface area contributed by atoms with E-state index in [1.807, 2.05) is 25.2 Å². The Hall–Kier alpha value is -0.860. The van der Waals surface area contributed by atoms with Crippen LogP contribution in [0.1, 0.15) is 0 Å². The van der Waals surface area contributed by atoms with Crippen molar-refractivity contribution in [2.45, 2.75) is 0 Å². The Morgan fingerprint density at radius 3 is 2.85 bits per heavy atom. The number of halogens is 2. The maximum absolute atomic E-state index is 5.94. The number of rotatable bonds is 1. The van der Waals surface area contributed by atoms with Gasteiger partial charge in [0.2, 0.25) is 0 Å². The fourth-order valence-electron chi connectivity index (χ4n) is 1.24. The standard InChI is InChI=1S/C9H9ClN2.ClH/c1-11-6-2-3-9-7(4-6)8(10)5-12-9;/h2-5,11-12H,1H3;1H. The third-order valence-corrected chi connectivity index (χ3v) is 2.23. The Balaban J connectivity index is 0.000000845. The fraction of sp³-hybridized carbons (Fsp3) is 0.111. The zero-order valence-electron chi connectivity index (χ0n) is 7.10. The number of benzene rings is 1. The molecule has 2 aromatic rings. The molecule has 0 spiro atoms. The normalized spacial score (nSPS) is 9.69. The second kappa shape index (κ2) is 3.90. The molecule has 1 aromatic carbocycles. The Morgan fingerprint density at radius 1 is 1.38 bits per heavy atom. The Bertz CT molecular complexity index is 409.